The summed E-state index contributed by atoms with van der Waals surface area (Å²) in [5.74, 6) is -1.48. The maximum atomic E-state index is 13.8. The van der Waals surface area contributed by atoms with E-state index in [1.54, 1.807) is 9.80 Å². The molecule has 3 aliphatic rings. The van der Waals surface area contributed by atoms with Crippen molar-refractivity contribution >= 4 is 24.1 Å². The monoisotopic (exact) mass is 847 g/mol. The molecule has 2 aromatic rings. The van der Waals surface area contributed by atoms with E-state index < -0.39 is 34.2 Å². The van der Waals surface area contributed by atoms with Gasteiger partial charge < -0.3 is 34.5 Å². The van der Waals surface area contributed by atoms with Crippen LogP contribution < -0.4 is 5.73 Å². The second-order valence-electron chi connectivity index (χ2n) is 21.6. The lowest BCUT2D eigenvalue weighted by Crippen LogP contribution is -2.38. The van der Waals surface area contributed by atoms with Crippen LogP contribution in [0.4, 0.5) is 9.59 Å². The van der Waals surface area contributed by atoms with Crippen LogP contribution >= 0.6 is 0 Å². The minimum atomic E-state index is -0.644. The van der Waals surface area contributed by atoms with Crippen molar-refractivity contribution in [2.24, 2.45) is 29.4 Å². The molecule has 5 rings (SSSR count). The van der Waals surface area contributed by atoms with E-state index in [0.717, 1.165) is 35.2 Å². The van der Waals surface area contributed by atoms with E-state index in [-0.39, 0.29) is 48.0 Å². The molecule has 0 saturated carbocycles. The molecule has 3 aliphatic heterocycles. The number of likely N-dealkylation sites (tertiary alicyclic amines) is 3. The predicted octanol–water partition coefficient (Wildman–Crippen LogP) is 8.48. The zero-order chi connectivity index (χ0) is 45.1. The average molecular weight is 847 g/mol. The van der Waals surface area contributed by atoms with Crippen LogP contribution in [0.15, 0.2) is 48.5 Å². The second-order valence-corrected chi connectivity index (χ2v) is 21.6. The summed E-state index contributed by atoms with van der Waals surface area (Å²) >= 11 is 0. The van der Waals surface area contributed by atoms with E-state index >= 15 is 0 Å². The average Bonchev–Trinajstić information content (AvgIpc) is 3.88. The Hall–Kier alpha value is -4.16. The lowest BCUT2D eigenvalue weighted by molar-refractivity contribution is -0.163. The zero-order valence-electron chi connectivity index (χ0n) is 39.0. The van der Waals surface area contributed by atoms with E-state index in [2.05, 4.69) is 47.4 Å². The van der Waals surface area contributed by atoms with Gasteiger partial charge in [-0.25, -0.2) is 9.59 Å². The van der Waals surface area contributed by atoms with Crippen LogP contribution in [0, 0.1) is 23.7 Å². The Labute approximate surface area is 365 Å². The lowest BCUT2D eigenvalue weighted by Gasteiger charge is -2.29. The highest BCUT2D eigenvalue weighted by Gasteiger charge is 2.41. The molecule has 0 spiro atoms. The number of carbonyl (C=O) groups excluding carboxylic acids is 4. The number of nitrogens with two attached hydrogens (primary N) is 1. The molecule has 6 atom stereocenters. The van der Waals surface area contributed by atoms with Gasteiger partial charge in [-0.15, -0.1) is 0 Å². The molecule has 0 aliphatic carbocycles. The maximum absolute atomic E-state index is 13.8. The molecule has 0 aromatic heterocycles. The molecular formula is C49H74N4O8. The number of amides is 2. The van der Waals surface area contributed by atoms with E-state index in [9.17, 15) is 19.2 Å². The van der Waals surface area contributed by atoms with Crippen molar-refractivity contribution in [2.75, 3.05) is 32.7 Å². The van der Waals surface area contributed by atoms with E-state index in [1.807, 2.05) is 89.2 Å². The van der Waals surface area contributed by atoms with Crippen LogP contribution in [0.1, 0.15) is 131 Å². The van der Waals surface area contributed by atoms with Crippen LogP contribution in [-0.2, 0) is 47.9 Å². The first-order chi connectivity index (χ1) is 28.2. The maximum Gasteiger partial charge on any atom is 0.410 e. The van der Waals surface area contributed by atoms with Crippen molar-refractivity contribution in [1.29, 1.82) is 0 Å². The van der Waals surface area contributed by atoms with Gasteiger partial charge in [-0.1, -0.05) is 48.5 Å². The molecule has 61 heavy (non-hydrogen) atoms. The first kappa shape index (κ1) is 47.9. The van der Waals surface area contributed by atoms with E-state index in [4.69, 9.17) is 24.7 Å². The number of nitrogens with zero attached hydrogens (tertiary/aromatic N) is 3. The van der Waals surface area contributed by atoms with E-state index in [0.29, 0.717) is 58.4 Å². The van der Waals surface area contributed by atoms with Crippen LogP contribution in [0.5, 0.6) is 0 Å². The molecule has 3 saturated heterocycles. The van der Waals surface area contributed by atoms with Gasteiger partial charge in [0.2, 0.25) is 0 Å². The van der Waals surface area contributed by atoms with Crippen molar-refractivity contribution < 1.29 is 38.1 Å². The van der Waals surface area contributed by atoms with Crippen molar-refractivity contribution in [2.45, 2.75) is 156 Å². The standard InChI is InChI=1S/C49H74N4O8/c1-46(2,3)58-42(54)39(36-19-21-51(29-36)44(56)60-48(7,8)9)25-32-15-13-17-34(23-32)28-53-31-38(50)27-41(53)35-18-14-16-33(24-35)26-40(43(55)59-47(4,5)6)37-20-22-52(30-37)45(57)61-49(10,11)12/h13-18,23-24,36-41H,19-22,25-31,50H2,1-12H3/t36-,37-,38-,39-,40-,41?/m0/s1. The molecule has 1 unspecified atom stereocenters. The summed E-state index contributed by atoms with van der Waals surface area (Å²) in [6, 6.07) is 17.0. The van der Waals surface area contributed by atoms with Gasteiger partial charge in [0.1, 0.15) is 22.4 Å². The normalized spacial score (nSPS) is 22.5. The fourth-order valence-corrected chi connectivity index (χ4v) is 8.84. The SMILES string of the molecule is CC(C)(C)OC(=O)[C@@H](Cc1cccc(CN2C[C@@H](N)CC2c2cccc(C[C@H](C(=O)OC(C)(C)C)[C@H]3CCN(C(=O)OC(C)(C)C)C3)c2)c1)[C@H]1CCN(C(=O)OC(C)(C)C)C1. The fourth-order valence-electron chi connectivity index (χ4n) is 8.84. The number of esters is 2. The molecule has 338 valence electrons. The second kappa shape index (κ2) is 19.1. The Morgan fingerprint density at radius 1 is 0.607 bits per heavy atom. The third-order valence-corrected chi connectivity index (χ3v) is 11.4. The predicted molar refractivity (Wildman–Crippen MR) is 237 cm³/mol. The number of benzene rings is 2. The molecule has 3 heterocycles. The van der Waals surface area contributed by atoms with Gasteiger partial charge in [0, 0.05) is 51.4 Å². The van der Waals surface area contributed by atoms with Gasteiger partial charge in [-0.3, -0.25) is 14.5 Å². The molecule has 0 radical (unpaired) electrons. The summed E-state index contributed by atoms with van der Waals surface area (Å²) in [6.45, 7) is 25.8. The third-order valence-electron chi connectivity index (χ3n) is 11.4. The Bertz CT molecular complexity index is 1850. The smallest absolute Gasteiger partial charge is 0.410 e. The molecular weight excluding hydrogens is 773 g/mol. The molecule has 0 bridgehead atoms. The van der Waals surface area contributed by atoms with E-state index in [1.165, 1.54) is 0 Å². The number of hydrogen-bond acceptors (Lipinski definition) is 10. The molecule has 2 aromatic carbocycles. The quantitative estimate of drug-likeness (QED) is 0.173. The summed E-state index contributed by atoms with van der Waals surface area (Å²) in [5, 5.41) is 0. The zero-order valence-corrected chi connectivity index (χ0v) is 39.0. The van der Waals surface area contributed by atoms with Crippen molar-refractivity contribution in [1.82, 2.24) is 14.7 Å². The van der Waals surface area contributed by atoms with Crippen LogP contribution in [0.3, 0.4) is 0 Å². The minimum Gasteiger partial charge on any atom is -0.460 e. The first-order valence-electron chi connectivity index (χ1n) is 22.3. The first-order valence-corrected chi connectivity index (χ1v) is 22.3. The topological polar surface area (TPSA) is 141 Å². The van der Waals surface area contributed by atoms with Crippen molar-refractivity contribution in [3.8, 4) is 0 Å². The number of rotatable bonds is 11. The highest BCUT2D eigenvalue weighted by Crippen LogP contribution is 2.36. The highest BCUT2D eigenvalue weighted by molar-refractivity contribution is 5.75. The van der Waals surface area contributed by atoms with Crippen LogP contribution in [0.25, 0.3) is 0 Å². The Morgan fingerprint density at radius 2 is 1.03 bits per heavy atom. The van der Waals surface area contributed by atoms with Gasteiger partial charge in [-0.2, -0.15) is 0 Å². The van der Waals surface area contributed by atoms with Crippen LogP contribution in [0.2, 0.25) is 0 Å². The third kappa shape index (κ3) is 14.4. The summed E-state index contributed by atoms with van der Waals surface area (Å²) in [7, 11) is 0. The molecule has 3 fully saturated rings. The van der Waals surface area contributed by atoms with Gasteiger partial charge >= 0.3 is 24.1 Å². The fraction of sp³-hybridized carbons (Fsp3) is 0.673. The Kier molecular flexibility index (Phi) is 15.0. The molecule has 2 N–H and O–H groups in total. The van der Waals surface area contributed by atoms with Crippen molar-refractivity contribution in [3.05, 3.63) is 70.8 Å². The highest BCUT2D eigenvalue weighted by atomic mass is 16.6. The number of ether oxygens (including phenoxy) is 4. The molecule has 2 amide bonds. The number of hydrogen-bond donors (Lipinski definition) is 1. The van der Waals surface area contributed by atoms with Gasteiger partial charge in [-0.05, 0) is 149 Å². The lowest BCUT2D eigenvalue weighted by atomic mass is 9.85. The van der Waals surface area contributed by atoms with Gasteiger partial charge in [0.05, 0.1) is 11.8 Å². The Balaban J connectivity index is 1.31. The van der Waals surface area contributed by atoms with Crippen molar-refractivity contribution in [3.63, 3.8) is 0 Å². The largest absolute Gasteiger partial charge is 0.460 e. The van der Waals surface area contributed by atoms with Gasteiger partial charge in [0.25, 0.3) is 0 Å². The van der Waals surface area contributed by atoms with Crippen LogP contribution in [-0.4, -0.2) is 100.0 Å². The summed E-state index contributed by atoms with van der Waals surface area (Å²) in [5.41, 5.74) is 8.52. The summed E-state index contributed by atoms with van der Waals surface area (Å²) in [6.07, 6.45) is 2.46. The summed E-state index contributed by atoms with van der Waals surface area (Å²) < 4.78 is 23.2. The van der Waals surface area contributed by atoms with Gasteiger partial charge in [0.15, 0.2) is 0 Å². The molecule has 12 heteroatoms. The number of carbonyl (C=O) groups is 4. The summed E-state index contributed by atoms with van der Waals surface area (Å²) in [4.78, 5) is 59.4. The molecule has 12 nitrogen and oxygen atoms in total. The minimum absolute atomic E-state index is 0.00416. The Morgan fingerprint density at radius 3 is 1.49 bits per heavy atom.